The molecule has 2 aliphatic rings. The fourth-order valence-corrected chi connectivity index (χ4v) is 9.87. The number of ketones is 1. The summed E-state index contributed by atoms with van der Waals surface area (Å²) in [5, 5.41) is 2.93. The van der Waals surface area contributed by atoms with Gasteiger partial charge in [0.25, 0.3) is 20.2 Å². The van der Waals surface area contributed by atoms with Crippen LogP contribution in [0.25, 0.3) is 21.5 Å². The Morgan fingerprint density at radius 3 is 2.20 bits per heavy atom. The van der Waals surface area contributed by atoms with Crippen molar-refractivity contribution >= 4 is 64.7 Å². The predicted octanol–water partition coefficient (Wildman–Crippen LogP) is 9.61. The molecule has 0 radical (unpaired) electrons. The molecule has 0 aromatic heterocycles. The smallest absolute Gasteiger partial charge is 0.295 e. The molecule has 290 valence electrons. The molecule has 55 heavy (non-hydrogen) atoms. The first-order valence-corrected chi connectivity index (χ1v) is 21.9. The summed E-state index contributed by atoms with van der Waals surface area (Å²) >= 11 is 0. The van der Waals surface area contributed by atoms with Crippen molar-refractivity contribution in [3.63, 3.8) is 0 Å². The zero-order chi connectivity index (χ0) is 39.9. The predicted molar refractivity (Wildman–Crippen MR) is 221 cm³/mol. The Morgan fingerprint density at radius 1 is 0.764 bits per heavy atom. The van der Waals surface area contributed by atoms with Gasteiger partial charge in [0.2, 0.25) is 5.69 Å². The molecule has 0 fully saturated rings. The molecule has 0 atom stereocenters. The topological polar surface area (TPSA) is 132 Å². The van der Waals surface area contributed by atoms with Crippen LogP contribution in [-0.2, 0) is 35.9 Å². The van der Waals surface area contributed by atoms with Gasteiger partial charge in [0.05, 0.1) is 10.3 Å². The Kier molecular flexibility index (Phi) is 11.2. The molecular weight excluding hydrogens is 733 g/mol. The standard InChI is InChI=1S/C44H50N2O7S2/c1-7-16-31(47)17-11-10-14-28-46-37-26-23-30-22-24-32(54(48,49)50)29-35(30)42(37)44(5,6)40(46)21-13-9-12-20-39-43(3,4)41-34-18-15-19-38(55(51,52)53)33(34)25-27-36(41)45(39)8-2/h9,12-13,15,18-27,29H,7-8,10-11,14,16-17,28H2,1-6H3,(H-,48,49,50,51,52,53)/p+1. The van der Waals surface area contributed by atoms with E-state index in [1.807, 2.05) is 43.4 Å². The zero-order valence-electron chi connectivity index (χ0n) is 32.5. The summed E-state index contributed by atoms with van der Waals surface area (Å²) < 4.78 is 70.9. The highest BCUT2D eigenvalue weighted by Crippen LogP contribution is 2.51. The van der Waals surface area contributed by atoms with Gasteiger partial charge in [0.1, 0.15) is 17.2 Å². The number of carbonyl (C=O) groups excluding carboxylic acids is 1. The maximum atomic E-state index is 12.2. The number of likely N-dealkylation sites (N-methyl/N-ethyl adjacent to an activating group) is 1. The van der Waals surface area contributed by atoms with Crippen molar-refractivity contribution in [3.05, 3.63) is 108 Å². The third-order valence-corrected chi connectivity index (χ3v) is 12.9. The minimum Gasteiger partial charge on any atom is -0.344 e. The number of anilines is 1. The van der Waals surface area contributed by atoms with Crippen molar-refractivity contribution < 1.29 is 35.3 Å². The van der Waals surface area contributed by atoms with Crippen LogP contribution in [0.1, 0.15) is 91.2 Å². The van der Waals surface area contributed by atoms with Gasteiger partial charge in [-0.1, -0.05) is 63.3 Å². The van der Waals surface area contributed by atoms with Gasteiger partial charge in [0.15, 0.2) is 5.71 Å². The number of unbranched alkanes of at least 4 members (excludes halogenated alkanes) is 2. The molecule has 0 saturated heterocycles. The van der Waals surface area contributed by atoms with E-state index in [0.29, 0.717) is 30.6 Å². The van der Waals surface area contributed by atoms with E-state index in [-0.39, 0.29) is 9.79 Å². The molecule has 0 saturated carbocycles. The highest BCUT2D eigenvalue weighted by molar-refractivity contribution is 7.86. The van der Waals surface area contributed by atoms with Crippen molar-refractivity contribution in [2.75, 3.05) is 18.0 Å². The first-order valence-electron chi connectivity index (χ1n) is 19.0. The molecule has 0 unspecified atom stereocenters. The summed E-state index contributed by atoms with van der Waals surface area (Å²) in [7, 11) is -8.81. The normalized spacial score (nSPS) is 17.4. The summed E-state index contributed by atoms with van der Waals surface area (Å²) in [5.41, 5.74) is 5.11. The molecule has 6 rings (SSSR count). The number of nitrogens with zero attached hydrogens (tertiary/aromatic N) is 2. The Labute approximate surface area is 325 Å². The quantitative estimate of drug-likeness (QED) is 0.0560. The molecule has 9 nitrogen and oxygen atoms in total. The number of allylic oxidation sites excluding steroid dienone is 6. The number of Topliss-reactive ketones (excluding diaryl/α,β-unsaturated/α-hetero) is 1. The highest BCUT2D eigenvalue weighted by Gasteiger charge is 2.45. The lowest BCUT2D eigenvalue weighted by atomic mass is 9.79. The van der Waals surface area contributed by atoms with Crippen LogP contribution in [0.2, 0.25) is 0 Å². The lowest BCUT2D eigenvalue weighted by Gasteiger charge is -2.26. The summed E-state index contributed by atoms with van der Waals surface area (Å²) in [6.45, 7) is 14.0. The van der Waals surface area contributed by atoms with Crippen molar-refractivity contribution in [1.29, 1.82) is 0 Å². The molecular formula is C44H51N2O7S2+. The largest absolute Gasteiger partial charge is 0.344 e. The summed E-state index contributed by atoms with van der Waals surface area (Å²) in [6, 6.07) is 17.5. The second-order valence-corrected chi connectivity index (χ2v) is 18.3. The van der Waals surface area contributed by atoms with Crippen LogP contribution in [0.3, 0.4) is 0 Å². The third-order valence-electron chi connectivity index (χ3n) is 11.2. The highest BCUT2D eigenvalue weighted by atomic mass is 32.2. The van der Waals surface area contributed by atoms with E-state index in [4.69, 9.17) is 0 Å². The van der Waals surface area contributed by atoms with Gasteiger partial charge in [-0.05, 0) is 98.2 Å². The Morgan fingerprint density at radius 2 is 1.51 bits per heavy atom. The number of hydrogen-bond acceptors (Lipinski definition) is 6. The lowest BCUT2D eigenvalue weighted by molar-refractivity contribution is -0.438. The monoisotopic (exact) mass is 783 g/mol. The molecule has 4 aromatic rings. The van der Waals surface area contributed by atoms with Gasteiger partial charge in [-0.25, -0.2) is 0 Å². The molecule has 11 heteroatoms. The van der Waals surface area contributed by atoms with E-state index in [1.54, 1.807) is 24.3 Å². The second kappa shape index (κ2) is 15.3. The number of fused-ring (bicyclic) bond motifs is 6. The maximum Gasteiger partial charge on any atom is 0.295 e. The molecule has 0 aliphatic carbocycles. The van der Waals surface area contributed by atoms with Crippen molar-refractivity contribution in [1.82, 2.24) is 0 Å². The Bertz CT molecular complexity index is 2540. The molecule has 2 heterocycles. The Hall–Kier alpha value is -4.42. The van der Waals surface area contributed by atoms with E-state index in [1.165, 1.54) is 12.1 Å². The van der Waals surface area contributed by atoms with Crippen LogP contribution >= 0.6 is 0 Å². The van der Waals surface area contributed by atoms with Gasteiger partial charge in [-0.3, -0.25) is 13.9 Å². The van der Waals surface area contributed by atoms with E-state index < -0.39 is 31.1 Å². The first kappa shape index (κ1) is 40.2. The zero-order valence-corrected chi connectivity index (χ0v) is 34.1. The van der Waals surface area contributed by atoms with Crippen molar-refractivity contribution in [3.8, 4) is 0 Å². The minimum atomic E-state index is -4.41. The molecule has 0 bridgehead atoms. The van der Waals surface area contributed by atoms with Gasteiger partial charge < -0.3 is 4.90 Å². The van der Waals surface area contributed by atoms with Crippen molar-refractivity contribution in [2.24, 2.45) is 0 Å². The van der Waals surface area contributed by atoms with Crippen LogP contribution < -0.4 is 4.90 Å². The summed E-state index contributed by atoms with van der Waals surface area (Å²) in [4.78, 5) is 14.1. The van der Waals surface area contributed by atoms with Crippen LogP contribution in [-0.4, -0.2) is 55.1 Å². The van der Waals surface area contributed by atoms with E-state index in [2.05, 4.69) is 62.3 Å². The average Bonchev–Trinajstić information content (AvgIpc) is 3.48. The summed E-state index contributed by atoms with van der Waals surface area (Å²) in [6.07, 6.45) is 14.9. The molecule has 2 aliphatic heterocycles. The van der Waals surface area contributed by atoms with Gasteiger partial charge in [-0.2, -0.15) is 21.4 Å². The number of benzene rings is 4. The molecule has 0 spiro atoms. The molecule has 2 N–H and O–H groups in total. The fraction of sp³-hybridized carbons (Fsp3) is 0.364. The van der Waals surface area contributed by atoms with Gasteiger partial charge in [-0.15, -0.1) is 0 Å². The van der Waals surface area contributed by atoms with Gasteiger partial charge >= 0.3 is 0 Å². The van der Waals surface area contributed by atoms with Crippen LogP contribution in [0.15, 0.2) is 107 Å². The molecule has 0 amide bonds. The summed E-state index contributed by atoms with van der Waals surface area (Å²) in [5.74, 6) is 0.305. The van der Waals surface area contributed by atoms with Crippen LogP contribution in [0, 0.1) is 0 Å². The van der Waals surface area contributed by atoms with E-state index >= 15 is 0 Å². The number of carbonyl (C=O) groups is 1. The second-order valence-electron chi connectivity index (χ2n) is 15.5. The fourth-order valence-electron chi connectivity index (χ4n) is 8.65. The number of rotatable bonds is 14. The van der Waals surface area contributed by atoms with Crippen LogP contribution in [0.4, 0.5) is 11.4 Å². The SMILES string of the molecule is CCCC(=O)CCCCC[N+]1=C(/C=C/C=C/C=C2\N(CC)c3ccc4c(S(=O)(=O)O)cccc4c3C2(C)C)C(C)(C)c2c1ccc1ccc(S(=O)(=O)O)cc21. The molecule has 4 aromatic carbocycles. The first-order chi connectivity index (χ1) is 25.9. The van der Waals surface area contributed by atoms with Gasteiger partial charge in [0, 0.05) is 65.7 Å². The van der Waals surface area contributed by atoms with E-state index in [9.17, 15) is 30.7 Å². The Balaban J connectivity index is 1.35. The van der Waals surface area contributed by atoms with Crippen molar-refractivity contribution in [2.45, 2.75) is 101 Å². The third kappa shape index (κ3) is 7.59. The number of hydrogen-bond donors (Lipinski definition) is 2. The van der Waals surface area contributed by atoms with E-state index in [0.717, 1.165) is 82.3 Å². The minimum absolute atomic E-state index is 0.105. The maximum absolute atomic E-state index is 12.2. The van der Waals surface area contributed by atoms with Crippen LogP contribution in [0.5, 0.6) is 0 Å². The average molecular weight is 784 g/mol. The lowest BCUT2D eigenvalue weighted by Crippen LogP contribution is -2.28.